The van der Waals surface area contributed by atoms with E-state index in [-0.39, 0.29) is 12.5 Å². The standard InChI is InChI=1S/C13H13ClN4O/c1-18(13-15-7-2-8-16-13)9-12(19)17-11-5-3-10(14)4-6-11/h2-8H,9H2,1H3,(H,17,19). The summed E-state index contributed by atoms with van der Waals surface area (Å²) < 4.78 is 0. The van der Waals surface area contributed by atoms with Gasteiger partial charge in [-0.05, 0) is 30.3 Å². The van der Waals surface area contributed by atoms with Crippen LogP contribution in [0.3, 0.4) is 0 Å². The van der Waals surface area contributed by atoms with Crippen LogP contribution < -0.4 is 10.2 Å². The number of hydrogen-bond acceptors (Lipinski definition) is 4. The number of nitrogens with zero attached hydrogens (tertiary/aromatic N) is 3. The minimum atomic E-state index is -0.141. The van der Waals surface area contributed by atoms with E-state index in [1.165, 1.54) is 0 Å². The molecule has 0 saturated heterocycles. The molecule has 0 saturated carbocycles. The molecular formula is C13H13ClN4O. The number of aromatic nitrogens is 2. The number of carbonyl (C=O) groups excluding carboxylic acids is 1. The molecule has 0 fully saturated rings. The topological polar surface area (TPSA) is 58.1 Å². The second-order valence-electron chi connectivity index (χ2n) is 3.96. The van der Waals surface area contributed by atoms with Crippen LogP contribution in [-0.4, -0.2) is 29.5 Å². The maximum atomic E-state index is 11.8. The number of nitrogens with one attached hydrogen (secondary N) is 1. The molecule has 1 heterocycles. The summed E-state index contributed by atoms with van der Waals surface area (Å²) in [7, 11) is 1.76. The zero-order valence-electron chi connectivity index (χ0n) is 10.4. The van der Waals surface area contributed by atoms with Gasteiger partial charge in [-0.1, -0.05) is 11.6 Å². The Bertz CT molecular complexity index is 544. The highest BCUT2D eigenvalue weighted by Gasteiger charge is 2.09. The zero-order chi connectivity index (χ0) is 13.7. The number of carbonyl (C=O) groups is 1. The highest BCUT2D eigenvalue weighted by atomic mass is 35.5. The first-order valence-corrected chi connectivity index (χ1v) is 6.06. The molecule has 0 unspecified atom stereocenters. The van der Waals surface area contributed by atoms with E-state index in [0.717, 1.165) is 0 Å². The van der Waals surface area contributed by atoms with Crippen molar-refractivity contribution in [3.63, 3.8) is 0 Å². The summed E-state index contributed by atoms with van der Waals surface area (Å²) in [5.41, 5.74) is 0.705. The van der Waals surface area contributed by atoms with E-state index in [1.807, 2.05) is 0 Å². The van der Waals surface area contributed by atoms with Crippen molar-refractivity contribution in [2.45, 2.75) is 0 Å². The van der Waals surface area contributed by atoms with Gasteiger partial charge in [-0.15, -0.1) is 0 Å². The van der Waals surface area contributed by atoms with Gasteiger partial charge in [-0.25, -0.2) is 9.97 Å². The molecule has 1 amide bonds. The zero-order valence-corrected chi connectivity index (χ0v) is 11.1. The van der Waals surface area contributed by atoms with E-state index < -0.39 is 0 Å². The molecule has 0 radical (unpaired) electrons. The van der Waals surface area contributed by atoms with Crippen LogP contribution in [0.15, 0.2) is 42.7 Å². The molecule has 1 aromatic carbocycles. The van der Waals surface area contributed by atoms with E-state index >= 15 is 0 Å². The molecule has 98 valence electrons. The molecule has 1 N–H and O–H groups in total. The average Bonchev–Trinajstić information content (AvgIpc) is 2.42. The number of likely N-dealkylation sites (N-methyl/N-ethyl adjacent to an activating group) is 1. The van der Waals surface area contributed by atoms with Gasteiger partial charge < -0.3 is 10.2 Å². The third kappa shape index (κ3) is 3.93. The van der Waals surface area contributed by atoms with Gasteiger partial charge in [0.25, 0.3) is 0 Å². The highest BCUT2D eigenvalue weighted by Crippen LogP contribution is 2.13. The summed E-state index contributed by atoms with van der Waals surface area (Å²) in [5.74, 6) is 0.367. The predicted octanol–water partition coefficient (Wildman–Crippen LogP) is 2.20. The Morgan fingerprint density at radius 3 is 2.53 bits per heavy atom. The fraction of sp³-hybridized carbons (Fsp3) is 0.154. The summed E-state index contributed by atoms with van der Waals surface area (Å²) in [6.07, 6.45) is 3.27. The molecule has 0 aliphatic heterocycles. The second-order valence-corrected chi connectivity index (χ2v) is 4.40. The number of benzene rings is 1. The van der Waals surface area contributed by atoms with Crippen molar-refractivity contribution in [2.75, 3.05) is 23.8 Å². The summed E-state index contributed by atoms with van der Waals surface area (Å²) >= 11 is 5.78. The maximum Gasteiger partial charge on any atom is 0.243 e. The van der Waals surface area contributed by atoms with Crippen molar-refractivity contribution < 1.29 is 4.79 Å². The van der Waals surface area contributed by atoms with Crippen molar-refractivity contribution in [3.05, 3.63) is 47.7 Å². The van der Waals surface area contributed by atoms with E-state index in [4.69, 9.17) is 11.6 Å². The quantitative estimate of drug-likeness (QED) is 0.930. The Labute approximate surface area is 116 Å². The van der Waals surface area contributed by atoms with Gasteiger partial charge in [0.1, 0.15) is 0 Å². The van der Waals surface area contributed by atoms with E-state index in [2.05, 4.69) is 15.3 Å². The summed E-state index contributed by atoms with van der Waals surface area (Å²) in [4.78, 5) is 21.6. The SMILES string of the molecule is CN(CC(=O)Nc1ccc(Cl)cc1)c1ncccn1. The molecule has 0 aliphatic rings. The fourth-order valence-electron chi connectivity index (χ4n) is 1.51. The molecule has 19 heavy (non-hydrogen) atoms. The van der Waals surface area contributed by atoms with E-state index in [9.17, 15) is 4.79 Å². The molecule has 6 heteroatoms. The molecule has 0 aliphatic carbocycles. The third-order valence-corrected chi connectivity index (χ3v) is 2.65. The van der Waals surface area contributed by atoms with Crippen molar-refractivity contribution in [1.29, 1.82) is 0 Å². The number of halogens is 1. The first-order chi connectivity index (χ1) is 9.15. The van der Waals surface area contributed by atoms with Crippen molar-refractivity contribution in [3.8, 4) is 0 Å². The van der Waals surface area contributed by atoms with Crippen LogP contribution in [0.1, 0.15) is 0 Å². The van der Waals surface area contributed by atoms with Gasteiger partial charge in [0, 0.05) is 30.2 Å². The number of anilines is 2. The molecule has 0 atom stereocenters. The van der Waals surface area contributed by atoms with Crippen molar-refractivity contribution in [1.82, 2.24) is 9.97 Å². The Hall–Kier alpha value is -2.14. The van der Waals surface area contributed by atoms with Gasteiger partial charge in [0.05, 0.1) is 6.54 Å². The Balaban J connectivity index is 1.93. The predicted molar refractivity (Wildman–Crippen MR) is 75.4 cm³/mol. The lowest BCUT2D eigenvalue weighted by molar-refractivity contribution is -0.114. The third-order valence-electron chi connectivity index (χ3n) is 2.40. The van der Waals surface area contributed by atoms with Gasteiger partial charge in [-0.3, -0.25) is 4.79 Å². The lowest BCUT2D eigenvalue weighted by Gasteiger charge is -2.16. The lowest BCUT2D eigenvalue weighted by Crippen LogP contribution is -2.31. The average molecular weight is 277 g/mol. The summed E-state index contributed by atoms with van der Waals surface area (Å²) in [6.45, 7) is 0.173. The van der Waals surface area contributed by atoms with Crippen LogP contribution in [0.4, 0.5) is 11.6 Å². The monoisotopic (exact) mass is 276 g/mol. The molecular weight excluding hydrogens is 264 g/mol. The van der Waals surface area contributed by atoms with Gasteiger partial charge in [0.2, 0.25) is 11.9 Å². The largest absolute Gasteiger partial charge is 0.335 e. The fourth-order valence-corrected chi connectivity index (χ4v) is 1.63. The molecule has 1 aromatic heterocycles. The van der Waals surface area contributed by atoms with Gasteiger partial charge in [0.15, 0.2) is 0 Å². The Morgan fingerprint density at radius 1 is 1.26 bits per heavy atom. The molecule has 0 bridgehead atoms. The Morgan fingerprint density at radius 2 is 1.89 bits per heavy atom. The van der Waals surface area contributed by atoms with Gasteiger partial charge >= 0.3 is 0 Å². The van der Waals surface area contributed by atoms with Crippen LogP contribution in [-0.2, 0) is 4.79 Å². The van der Waals surface area contributed by atoms with Crippen LogP contribution in [0.25, 0.3) is 0 Å². The van der Waals surface area contributed by atoms with Crippen molar-refractivity contribution in [2.24, 2.45) is 0 Å². The minimum absolute atomic E-state index is 0.141. The molecule has 5 nitrogen and oxygen atoms in total. The summed E-state index contributed by atoms with van der Waals surface area (Å²) in [5, 5.41) is 3.41. The second kappa shape index (κ2) is 6.15. The number of hydrogen-bond donors (Lipinski definition) is 1. The van der Waals surface area contributed by atoms with Crippen LogP contribution in [0.2, 0.25) is 5.02 Å². The van der Waals surface area contributed by atoms with Crippen LogP contribution >= 0.6 is 11.6 Å². The van der Waals surface area contributed by atoms with Crippen LogP contribution in [0, 0.1) is 0 Å². The first kappa shape index (κ1) is 13.3. The normalized spacial score (nSPS) is 10.0. The lowest BCUT2D eigenvalue weighted by atomic mass is 10.3. The number of rotatable bonds is 4. The highest BCUT2D eigenvalue weighted by molar-refractivity contribution is 6.30. The molecule has 0 spiro atoms. The maximum absolute atomic E-state index is 11.8. The summed E-state index contributed by atoms with van der Waals surface area (Å²) in [6, 6.07) is 8.67. The smallest absolute Gasteiger partial charge is 0.243 e. The van der Waals surface area contributed by atoms with Crippen LogP contribution in [0.5, 0.6) is 0 Å². The Kier molecular flexibility index (Phi) is 4.30. The van der Waals surface area contributed by atoms with Crippen molar-refractivity contribution >= 4 is 29.1 Å². The molecule has 2 rings (SSSR count). The first-order valence-electron chi connectivity index (χ1n) is 5.69. The molecule has 2 aromatic rings. The van der Waals surface area contributed by atoms with Gasteiger partial charge in [-0.2, -0.15) is 0 Å². The van der Waals surface area contributed by atoms with E-state index in [0.29, 0.717) is 16.7 Å². The number of amides is 1. The minimum Gasteiger partial charge on any atom is -0.335 e. The van der Waals surface area contributed by atoms with E-state index in [1.54, 1.807) is 54.7 Å².